The summed E-state index contributed by atoms with van der Waals surface area (Å²) in [4.78, 5) is 0.199. The summed E-state index contributed by atoms with van der Waals surface area (Å²) < 4.78 is 58.8. The van der Waals surface area contributed by atoms with E-state index < -0.39 is 20.0 Å². The van der Waals surface area contributed by atoms with E-state index in [1.165, 1.54) is 28.6 Å². The number of nitrogens with one attached hydrogen (secondary N) is 1. The van der Waals surface area contributed by atoms with E-state index in [-0.39, 0.29) is 34.8 Å². The van der Waals surface area contributed by atoms with Crippen molar-refractivity contribution in [2.75, 3.05) is 19.6 Å². The highest BCUT2D eigenvalue weighted by atomic mass is 35.5. The van der Waals surface area contributed by atoms with Gasteiger partial charge in [0, 0.05) is 30.7 Å². The zero-order valence-electron chi connectivity index (χ0n) is 23.2. The van der Waals surface area contributed by atoms with Crippen molar-refractivity contribution in [3.05, 3.63) is 95.0 Å². The van der Waals surface area contributed by atoms with Gasteiger partial charge in [0.05, 0.1) is 9.79 Å². The molecule has 1 N–H and O–H groups in total. The Morgan fingerprint density at radius 2 is 1.32 bits per heavy atom. The Morgan fingerprint density at radius 3 is 1.93 bits per heavy atom. The fraction of sp³-hybridized carbons (Fsp3) is 0.419. The van der Waals surface area contributed by atoms with Crippen molar-refractivity contribution in [3.63, 3.8) is 0 Å². The van der Waals surface area contributed by atoms with Crippen molar-refractivity contribution in [2.45, 2.75) is 67.4 Å². The molecule has 0 amide bonds. The minimum atomic E-state index is -3.86. The molecule has 3 aromatic carbocycles. The lowest BCUT2D eigenvalue weighted by molar-refractivity contribution is 0.287. The van der Waals surface area contributed by atoms with Gasteiger partial charge in [-0.25, -0.2) is 16.8 Å². The van der Waals surface area contributed by atoms with Crippen LogP contribution in [0.2, 0.25) is 5.02 Å². The van der Waals surface area contributed by atoms with E-state index in [2.05, 4.69) is 5.32 Å². The highest BCUT2D eigenvalue weighted by Gasteiger charge is 2.34. The highest BCUT2D eigenvalue weighted by Crippen LogP contribution is 2.31. The Morgan fingerprint density at radius 1 is 0.707 bits per heavy atom. The predicted octanol–water partition coefficient (Wildman–Crippen LogP) is 5.66. The third-order valence-electron chi connectivity index (χ3n) is 8.11. The third kappa shape index (κ3) is 7.39. The average molecular weight is 616 g/mol. The maximum atomic E-state index is 13.9. The van der Waals surface area contributed by atoms with Crippen LogP contribution in [0.5, 0.6) is 0 Å². The van der Waals surface area contributed by atoms with E-state index in [1.54, 1.807) is 16.4 Å². The number of benzene rings is 3. The Bertz CT molecular complexity index is 1490. The molecular weight excluding hydrogens is 578 g/mol. The van der Waals surface area contributed by atoms with Gasteiger partial charge in [-0.05, 0) is 92.2 Å². The fourth-order valence-corrected chi connectivity index (χ4v) is 9.15. The van der Waals surface area contributed by atoms with Crippen molar-refractivity contribution < 1.29 is 16.8 Å². The molecule has 7 nitrogen and oxygen atoms in total. The molecule has 2 aliphatic rings. The first-order valence-corrected chi connectivity index (χ1v) is 17.6. The number of hydrogen-bond acceptors (Lipinski definition) is 5. The maximum Gasteiger partial charge on any atom is 0.243 e. The van der Waals surface area contributed by atoms with Crippen LogP contribution >= 0.6 is 11.6 Å². The molecule has 0 radical (unpaired) electrons. The molecule has 1 aliphatic carbocycles. The SMILES string of the molecule is O=S(=O)(c1ccc(S(=O)(=O)N(Cc2ccc(Cl)cc2)C2CCCC2)cc1)N(Cc1ccccc1)CC1CCCNC1. The Labute approximate surface area is 249 Å². The van der Waals surface area contributed by atoms with E-state index >= 15 is 0 Å². The van der Waals surface area contributed by atoms with Crippen LogP contribution in [-0.4, -0.2) is 51.1 Å². The van der Waals surface area contributed by atoms with Gasteiger partial charge in [0.2, 0.25) is 20.0 Å². The molecule has 5 rings (SSSR count). The zero-order chi connectivity index (χ0) is 28.9. The second-order valence-electron chi connectivity index (χ2n) is 11.1. The summed E-state index contributed by atoms with van der Waals surface area (Å²) in [5, 5.41) is 3.97. The molecule has 1 heterocycles. The van der Waals surface area contributed by atoms with Gasteiger partial charge in [-0.3, -0.25) is 0 Å². The molecule has 0 bridgehead atoms. The van der Waals surface area contributed by atoms with Crippen LogP contribution in [0.3, 0.4) is 0 Å². The summed E-state index contributed by atoms with van der Waals surface area (Å²) in [6.45, 7) is 2.64. The van der Waals surface area contributed by atoms with E-state index in [0.717, 1.165) is 62.7 Å². The van der Waals surface area contributed by atoms with E-state index in [4.69, 9.17) is 11.6 Å². The van der Waals surface area contributed by atoms with Crippen LogP contribution in [0, 0.1) is 5.92 Å². The lowest BCUT2D eigenvalue weighted by Crippen LogP contribution is -2.40. The Kier molecular flexibility index (Phi) is 9.84. The van der Waals surface area contributed by atoms with Crippen LogP contribution in [0.15, 0.2) is 88.7 Å². The van der Waals surface area contributed by atoms with Gasteiger partial charge in [-0.15, -0.1) is 0 Å². The molecule has 41 heavy (non-hydrogen) atoms. The maximum absolute atomic E-state index is 13.9. The van der Waals surface area contributed by atoms with E-state index in [0.29, 0.717) is 11.6 Å². The van der Waals surface area contributed by atoms with Crippen molar-refractivity contribution in [1.29, 1.82) is 0 Å². The highest BCUT2D eigenvalue weighted by molar-refractivity contribution is 7.89. The number of piperidine rings is 1. The summed E-state index contributed by atoms with van der Waals surface area (Å²) in [6.07, 6.45) is 5.58. The lowest BCUT2D eigenvalue weighted by Gasteiger charge is -2.30. The topological polar surface area (TPSA) is 86.8 Å². The molecule has 1 aliphatic heterocycles. The first-order chi connectivity index (χ1) is 19.7. The zero-order valence-corrected chi connectivity index (χ0v) is 25.5. The number of sulfonamides is 2. The molecule has 1 unspecified atom stereocenters. The Balaban J connectivity index is 1.41. The van der Waals surface area contributed by atoms with Gasteiger partial charge in [0.1, 0.15) is 0 Å². The van der Waals surface area contributed by atoms with Crippen LogP contribution in [0.25, 0.3) is 0 Å². The first kappa shape index (κ1) is 30.2. The smallest absolute Gasteiger partial charge is 0.243 e. The van der Waals surface area contributed by atoms with E-state index in [9.17, 15) is 16.8 Å². The minimum absolute atomic E-state index is 0.0930. The molecular formula is C31H38ClN3O4S2. The monoisotopic (exact) mass is 615 g/mol. The number of rotatable bonds is 11. The normalized spacial score (nSPS) is 18.8. The minimum Gasteiger partial charge on any atom is -0.316 e. The Hall–Kier alpha value is -2.27. The molecule has 10 heteroatoms. The molecule has 220 valence electrons. The summed E-state index contributed by atoms with van der Waals surface area (Å²) in [7, 11) is -7.73. The van der Waals surface area contributed by atoms with Gasteiger partial charge in [-0.1, -0.05) is 66.9 Å². The molecule has 0 spiro atoms. The van der Waals surface area contributed by atoms with Crippen LogP contribution in [-0.2, 0) is 33.1 Å². The van der Waals surface area contributed by atoms with Crippen LogP contribution in [0.1, 0.15) is 49.7 Å². The molecule has 1 saturated carbocycles. The second-order valence-corrected chi connectivity index (χ2v) is 15.3. The summed E-state index contributed by atoms with van der Waals surface area (Å²) >= 11 is 6.05. The summed E-state index contributed by atoms with van der Waals surface area (Å²) in [5.74, 6) is 0.217. The van der Waals surface area contributed by atoms with E-state index in [1.807, 2.05) is 42.5 Å². The predicted molar refractivity (Wildman–Crippen MR) is 163 cm³/mol. The quantitative estimate of drug-likeness (QED) is 0.301. The largest absolute Gasteiger partial charge is 0.316 e. The third-order valence-corrected chi connectivity index (χ3v) is 12.1. The molecule has 1 saturated heterocycles. The van der Waals surface area contributed by atoms with Gasteiger partial charge in [0.25, 0.3) is 0 Å². The number of hydrogen-bond donors (Lipinski definition) is 1. The van der Waals surface area contributed by atoms with Crippen molar-refractivity contribution in [3.8, 4) is 0 Å². The van der Waals surface area contributed by atoms with Gasteiger partial charge in [-0.2, -0.15) is 8.61 Å². The molecule has 0 aromatic heterocycles. The van der Waals surface area contributed by atoms with Crippen molar-refractivity contribution in [1.82, 2.24) is 13.9 Å². The van der Waals surface area contributed by atoms with Gasteiger partial charge < -0.3 is 5.32 Å². The number of nitrogens with zero attached hydrogens (tertiary/aromatic N) is 2. The molecule has 2 fully saturated rings. The number of halogens is 1. The van der Waals surface area contributed by atoms with Crippen LogP contribution in [0.4, 0.5) is 0 Å². The van der Waals surface area contributed by atoms with Crippen molar-refractivity contribution in [2.24, 2.45) is 5.92 Å². The summed E-state index contributed by atoms with van der Waals surface area (Å²) in [6, 6.07) is 22.5. The second kappa shape index (κ2) is 13.4. The standard InChI is InChI=1S/C31H38ClN3O4S2/c32-28-14-12-26(13-15-28)24-35(29-10-4-5-11-29)41(38,39)31-18-16-30(17-19-31)40(36,37)34(22-25-7-2-1-3-8-25)23-27-9-6-20-33-21-27/h1-3,7-8,12-19,27,29,33H,4-6,9-11,20-24H2. The first-order valence-electron chi connectivity index (χ1n) is 14.3. The molecule has 1 atom stereocenters. The average Bonchev–Trinajstić information content (AvgIpc) is 3.52. The fourth-order valence-electron chi connectivity index (χ4n) is 5.84. The van der Waals surface area contributed by atoms with Gasteiger partial charge in [0.15, 0.2) is 0 Å². The van der Waals surface area contributed by atoms with Crippen LogP contribution < -0.4 is 5.32 Å². The summed E-state index contributed by atoms with van der Waals surface area (Å²) in [5.41, 5.74) is 1.77. The van der Waals surface area contributed by atoms with Crippen molar-refractivity contribution >= 4 is 31.6 Å². The molecule has 3 aromatic rings. The lowest BCUT2D eigenvalue weighted by atomic mass is 10.00. The van der Waals surface area contributed by atoms with Gasteiger partial charge >= 0.3 is 0 Å².